The smallest absolute Gasteiger partial charge is 0.139 e. The summed E-state index contributed by atoms with van der Waals surface area (Å²) in [6, 6.07) is 0. The summed E-state index contributed by atoms with van der Waals surface area (Å²) in [7, 11) is 0. The first-order chi connectivity index (χ1) is 8.88. The first-order valence-corrected chi connectivity index (χ1v) is 7.98. The fraction of sp³-hybridized carbons (Fsp3) is 0.714. The normalized spacial score (nSPS) is 21.3. The third-order valence-corrected chi connectivity index (χ3v) is 5.20. The van der Waals surface area contributed by atoms with E-state index in [0.717, 1.165) is 36.0 Å². The van der Waals surface area contributed by atoms with Gasteiger partial charge >= 0.3 is 0 Å². The lowest BCUT2D eigenvalue weighted by molar-refractivity contribution is -0.0948. The van der Waals surface area contributed by atoms with Gasteiger partial charge < -0.3 is 9.72 Å². The maximum Gasteiger partial charge on any atom is 0.139 e. The van der Waals surface area contributed by atoms with Gasteiger partial charge in [-0.05, 0) is 54.0 Å². The lowest BCUT2D eigenvalue weighted by atomic mass is 9.70. The predicted octanol–water partition coefficient (Wildman–Crippen LogP) is 4.73. The van der Waals surface area contributed by atoms with Crippen LogP contribution in [0.3, 0.4) is 0 Å². The molecule has 19 heavy (non-hydrogen) atoms. The molecule has 0 radical (unpaired) electrons. The molecular formula is C14H21BrN2OS. The summed E-state index contributed by atoms with van der Waals surface area (Å²) in [5.41, 5.74) is 0.102. The van der Waals surface area contributed by atoms with Gasteiger partial charge in [0.25, 0.3) is 0 Å². The molecule has 1 saturated carbocycles. The van der Waals surface area contributed by atoms with Crippen molar-refractivity contribution < 1.29 is 4.74 Å². The van der Waals surface area contributed by atoms with Crippen molar-refractivity contribution in [3.8, 4) is 0 Å². The third kappa shape index (κ3) is 3.26. The number of hydrogen-bond donors (Lipinski definition) is 1. The number of nitrogens with one attached hydrogen (secondary N) is 1. The highest BCUT2D eigenvalue weighted by Crippen LogP contribution is 2.46. The van der Waals surface area contributed by atoms with E-state index in [1.54, 1.807) is 6.20 Å². The van der Waals surface area contributed by atoms with Crippen molar-refractivity contribution >= 4 is 28.1 Å². The molecule has 0 atom stereocenters. The van der Waals surface area contributed by atoms with Crippen molar-refractivity contribution in [2.45, 2.75) is 52.1 Å². The molecule has 1 fully saturated rings. The second kappa shape index (κ2) is 5.62. The molecule has 3 nitrogen and oxygen atoms in total. The zero-order valence-electron chi connectivity index (χ0n) is 11.8. The number of ether oxygens (including phenoxy) is 1. The Morgan fingerprint density at radius 1 is 1.37 bits per heavy atom. The quantitative estimate of drug-likeness (QED) is 0.805. The van der Waals surface area contributed by atoms with E-state index in [0.29, 0.717) is 16.7 Å². The van der Waals surface area contributed by atoms with E-state index in [1.807, 2.05) is 6.92 Å². The molecule has 1 heterocycles. The summed E-state index contributed by atoms with van der Waals surface area (Å²) in [5, 5.41) is 0. The van der Waals surface area contributed by atoms with Crippen LogP contribution >= 0.6 is 28.1 Å². The molecule has 0 saturated heterocycles. The first-order valence-electron chi connectivity index (χ1n) is 6.78. The lowest BCUT2D eigenvalue weighted by Crippen LogP contribution is -2.38. The average Bonchev–Trinajstić information content (AvgIpc) is 2.36. The summed E-state index contributed by atoms with van der Waals surface area (Å²) in [6.07, 6.45) is 6.05. The second-order valence-corrected chi connectivity index (χ2v) is 7.26. The van der Waals surface area contributed by atoms with Gasteiger partial charge in [-0.3, -0.25) is 0 Å². The maximum atomic E-state index is 6.09. The van der Waals surface area contributed by atoms with Crippen LogP contribution in [0.1, 0.15) is 52.3 Å². The Morgan fingerprint density at radius 2 is 2.00 bits per heavy atom. The van der Waals surface area contributed by atoms with Crippen molar-refractivity contribution in [1.29, 1.82) is 0 Å². The van der Waals surface area contributed by atoms with Crippen LogP contribution in [-0.2, 0) is 10.3 Å². The molecule has 1 aromatic heterocycles. The molecule has 5 heteroatoms. The van der Waals surface area contributed by atoms with E-state index in [4.69, 9.17) is 17.0 Å². The molecule has 0 unspecified atom stereocenters. The Kier molecular flexibility index (Phi) is 4.48. The van der Waals surface area contributed by atoms with Gasteiger partial charge in [0.1, 0.15) is 16.1 Å². The van der Waals surface area contributed by atoms with Crippen molar-refractivity contribution in [1.82, 2.24) is 9.97 Å². The van der Waals surface area contributed by atoms with Crippen LogP contribution in [0.4, 0.5) is 0 Å². The highest BCUT2D eigenvalue weighted by molar-refractivity contribution is 9.10. The molecule has 1 N–H and O–H groups in total. The summed E-state index contributed by atoms with van der Waals surface area (Å²) in [5.74, 6) is 0.873. The molecule has 0 aliphatic heterocycles. The minimum absolute atomic E-state index is 0.293. The van der Waals surface area contributed by atoms with Crippen molar-refractivity contribution in [2.75, 3.05) is 6.61 Å². The Balaban J connectivity index is 2.34. The standard InChI is InChI=1S/C14H21BrN2OS/c1-4-18-14(7-5-13(2,3)6-8-14)12-16-9-10(15)11(19)17-12/h9H,4-8H2,1-3H3,(H,16,17,19). The van der Waals surface area contributed by atoms with E-state index in [-0.39, 0.29) is 5.60 Å². The minimum atomic E-state index is -0.293. The molecule has 1 aliphatic carbocycles. The summed E-state index contributed by atoms with van der Waals surface area (Å²) in [4.78, 5) is 7.74. The number of nitrogens with zero attached hydrogens (tertiary/aromatic N) is 1. The number of H-pyrrole nitrogens is 1. The average molecular weight is 345 g/mol. The SMILES string of the molecule is CCOC1(c2ncc(Br)c(=S)[nH]2)CCC(C)(C)CC1. The van der Waals surface area contributed by atoms with Crippen LogP contribution in [0.5, 0.6) is 0 Å². The first kappa shape index (κ1) is 15.1. The molecule has 0 bridgehead atoms. The van der Waals surface area contributed by atoms with Crippen molar-refractivity contribution in [3.63, 3.8) is 0 Å². The molecule has 2 rings (SSSR count). The van der Waals surface area contributed by atoms with E-state index >= 15 is 0 Å². The van der Waals surface area contributed by atoms with Gasteiger partial charge in [0.2, 0.25) is 0 Å². The molecule has 0 spiro atoms. The van der Waals surface area contributed by atoms with Crippen LogP contribution in [0, 0.1) is 10.1 Å². The monoisotopic (exact) mass is 344 g/mol. The fourth-order valence-electron chi connectivity index (χ4n) is 2.67. The summed E-state index contributed by atoms with van der Waals surface area (Å²) >= 11 is 8.68. The third-order valence-electron chi connectivity index (χ3n) is 4.02. The van der Waals surface area contributed by atoms with Gasteiger partial charge in [-0.2, -0.15) is 0 Å². The molecule has 0 aromatic carbocycles. The highest BCUT2D eigenvalue weighted by atomic mass is 79.9. The van der Waals surface area contributed by atoms with Gasteiger partial charge in [-0.25, -0.2) is 4.98 Å². The Hall–Kier alpha value is -0.260. The van der Waals surface area contributed by atoms with Crippen LogP contribution < -0.4 is 0 Å². The summed E-state index contributed by atoms with van der Waals surface area (Å²) < 4.78 is 7.61. The molecule has 106 valence electrons. The number of aromatic amines is 1. The number of aromatic nitrogens is 2. The van der Waals surface area contributed by atoms with E-state index < -0.39 is 0 Å². The van der Waals surface area contributed by atoms with Gasteiger partial charge in [0, 0.05) is 12.8 Å². The fourth-order valence-corrected chi connectivity index (χ4v) is 3.02. The van der Waals surface area contributed by atoms with Gasteiger partial charge in [0.05, 0.1) is 4.47 Å². The minimum Gasteiger partial charge on any atom is -0.367 e. The largest absolute Gasteiger partial charge is 0.367 e. The van der Waals surface area contributed by atoms with Crippen LogP contribution in [0.2, 0.25) is 0 Å². The number of halogens is 1. The van der Waals surface area contributed by atoms with E-state index in [9.17, 15) is 0 Å². The van der Waals surface area contributed by atoms with Crippen LogP contribution in [0.25, 0.3) is 0 Å². The van der Waals surface area contributed by atoms with Crippen molar-refractivity contribution in [3.05, 3.63) is 21.1 Å². The van der Waals surface area contributed by atoms with Crippen molar-refractivity contribution in [2.24, 2.45) is 5.41 Å². The van der Waals surface area contributed by atoms with E-state index in [2.05, 4.69) is 39.7 Å². The molecular weight excluding hydrogens is 324 g/mol. The van der Waals surface area contributed by atoms with Gasteiger partial charge in [-0.15, -0.1) is 0 Å². The van der Waals surface area contributed by atoms with E-state index in [1.165, 1.54) is 0 Å². The Bertz CT molecular complexity index is 502. The highest BCUT2D eigenvalue weighted by Gasteiger charge is 2.42. The lowest BCUT2D eigenvalue weighted by Gasteiger charge is -2.42. The zero-order valence-corrected chi connectivity index (χ0v) is 14.2. The maximum absolute atomic E-state index is 6.09. The predicted molar refractivity (Wildman–Crippen MR) is 82.7 cm³/mol. The summed E-state index contributed by atoms with van der Waals surface area (Å²) in [6.45, 7) is 7.37. The number of rotatable bonds is 3. The van der Waals surface area contributed by atoms with Crippen LogP contribution in [0.15, 0.2) is 10.7 Å². The van der Waals surface area contributed by atoms with Gasteiger partial charge in [-0.1, -0.05) is 26.1 Å². The Labute approximate surface area is 128 Å². The second-order valence-electron chi connectivity index (χ2n) is 6.00. The Morgan fingerprint density at radius 3 is 2.53 bits per heavy atom. The number of hydrogen-bond acceptors (Lipinski definition) is 3. The molecule has 0 amide bonds. The zero-order chi connectivity index (χ0) is 14.1. The molecule has 1 aliphatic rings. The van der Waals surface area contributed by atoms with Crippen LogP contribution in [-0.4, -0.2) is 16.6 Å². The topological polar surface area (TPSA) is 37.9 Å². The molecule has 1 aromatic rings. The van der Waals surface area contributed by atoms with Gasteiger partial charge in [0.15, 0.2) is 0 Å².